The molecule has 0 atom stereocenters. The average molecular weight is 312 g/mol. The number of aryl methyl sites for hydroxylation is 2. The maximum absolute atomic E-state index is 13.0. The average Bonchev–Trinajstić information content (AvgIpc) is 2.53. The molecule has 1 amide bonds. The predicted molar refractivity (Wildman–Crippen MR) is 88.7 cm³/mol. The molecule has 5 heteroatoms. The van der Waals surface area contributed by atoms with Crippen LogP contribution in [0.15, 0.2) is 30.3 Å². The summed E-state index contributed by atoms with van der Waals surface area (Å²) in [5.41, 5.74) is 5.59. The minimum atomic E-state index is -0.485. The molecule has 0 saturated heterocycles. The number of nitrogens with one attached hydrogen (secondary N) is 1. The summed E-state index contributed by atoms with van der Waals surface area (Å²) in [6, 6.07) is 8.81. The lowest BCUT2D eigenvalue weighted by Gasteiger charge is -2.14. The molecule has 0 aromatic heterocycles. The first kappa shape index (κ1) is 16.7. The SMILES string of the molecule is COc1cccc(C(=O)c2c(C)cc(C)cc2C(=O)NN)c1C. The maximum Gasteiger partial charge on any atom is 0.265 e. The fourth-order valence-electron chi connectivity index (χ4n) is 2.74. The number of carbonyl (C=O) groups excluding carboxylic acids is 2. The van der Waals surface area contributed by atoms with Crippen LogP contribution in [-0.2, 0) is 0 Å². The molecule has 120 valence electrons. The summed E-state index contributed by atoms with van der Waals surface area (Å²) in [5, 5.41) is 0. The van der Waals surface area contributed by atoms with Gasteiger partial charge in [0.15, 0.2) is 5.78 Å². The topological polar surface area (TPSA) is 81.4 Å². The van der Waals surface area contributed by atoms with Crippen molar-refractivity contribution >= 4 is 11.7 Å². The Balaban J connectivity index is 2.67. The third-order valence-electron chi connectivity index (χ3n) is 3.83. The normalized spacial score (nSPS) is 10.3. The molecule has 0 bridgehead atoms. The van der Waals surface area contributed by atoms with Gasteiger partial charge in [0.05, 0.1) is 12.7 Å². The van der Waals surface area contributed by atoms with Crippen molar-refractivity contribution in [2.24, 2.45) is 5.84 Å². The summed E-state index contributed by atoms with van der Waals surface area (Å²) < 4.78 is 5.27. The number of ether oxygens (including phenoxy) is 1. The van der Waals surface area contributed by atoms with Gasteiger partial charge in [-0.15, -0.1) is 0 Å². The van der Waals surface area contributed by atoms with Crippen LogP contribution >= 0.6 is 0 Å². The van der Waals surface area contributed by atoms with Crippen LogP contribution in [0.3, 0.4) is 0 Å². The zero-order valence-electron chi connectivity index (χ0n) is 13.7. The van der Waals surface area contributed by atoms with Crippen LogP contribution in [0, 0.1) is 20.8 Å². The van der Waals surface area contributed by atoms with Gasteiger partial charge in [0.1, 0.15) is 5.75 Å². The van der Waals surface area contributed by atoms with E-state index in [0.717, 1.165) is 16.7 Å². The van der Waals surface area contributed by atoms with E-state index in [9.17, 15) is 9.59 Å². The Morgan fingerprint density at radius 2 is 1.78 bits per heavy atom. The number of methoxy groups -OCH3 is 1. The van der Waals surface area contributed by atoms with Crippen molar-refractivity contribution in [1.82, 2.24) is 5.43 Å². The first-order valence-electron chi connectivity index (χ1n) is 7.21. The van der Waals surface area contributed by atoms with Gasteiger partial charge in [0.25, 0.3) is 5.91 Å². The molecule has 0 fully saturated rings. The highest BCUT2D eigenvalue weighted by Gasteiger charge is 2.22. The van der Waals surface area contributed by atoms with Gasteiger partial charge in [-0.25, -0.2) is 5.84 Å². The lowest BCUT2D eigenvalue weighted by Crippen LogP contribution is -2.31. The molecule has 2 rings (SSSR count). The number of hydrogen-bond donors (Lipinski definition) is 2. The first-order valence-corrected chi connectivity index (χ1v) is 7.21. The van der Waals surface area contributed by atoms with Gasteiger partial charge in [-0.3, -0.25) is 15.0 Å². The third kappa shape index (κ3) is 3.10. The Kier molecular flexibility index (Phi) is 4.81. The standard InChI is InChI=1S/C18H20N2O3/c1-10-8-11(2)16(14(9-10)18(22)20-19)17(21)13-6-5-7-15(23-4)12(13)3/h5-9H,19H2,1-4H3,(H,20,22). The number of nitrogens with two attached hydrogens (primary N) is 1. The van der Waals surface area contributed by atoms with Gasteiger partial charge in [-0.2, -0.15) is 0 Å². The summed E-state index contributed by atoms with van der Waals surface area (Å²) in [7, 11) is 1.56. The number of carbonyl (C=O) groups is 2. The number of rotatable bonds is 4. The van der Waals surface area contributed by atoms with Crippen LogP contribution in [0.5, 0.6) is 5.75 Å². The van der Waals surface area contributed by atoms with Crippen LogP contribution in [0.1, 0.15) is 43.0 Å². The predicted octanol–water partition coefficient (Wildman–Crippen LogP) is 2.45. The molecule has 0 aliphatic rings. The number of hydrazine groups is 1. The fourth-order valence-corrected chi connectivity index (χ4v) is 2.74. The van der Waals surface area contributed by atoms with Gasteiger partial charge >= 0.3 is 0 Å². The van der Waals surface area contributed by atoms with Crippen LogP contribution in [-0.4, -0.2) is 18.8 Å². The summed E-state index contributed by atoms with van der Waals surface area (Å²) in [6.45, 7) is 5.49. The van der Waals surface area contributed by atoms with Crippen molar-refractivity contribution in [2.75, 3.05) is 7.11 Å². The molecule has 23 heavy (non-hydrogen) atoms. The summed E-state index contributed by atoms with van der Waals surface area (Å²) in [4.78, 5) is 25.1. The summed E-state index contributed by atoms with van der Waals surface area (Å²) in [5.74, 6) is 5.18. The maximum atomic E-state index is 13.0. The zero-order chi connectivity index (χ0) is 17.1. The molecule has 0 saturated carbocycles. The molecule has 0 unspecified atom stereocenters. The van der Waals surface area contributed by atoms with E-state index in [1.54, 1.807) is 31.4 Å². The first-order chi connectivity index (χ1) is 10.9. The summed E-state index contributed by atoms with van der Waals surface area (Å²) >= 11 is 0. The quantitative estimate of drug-likeness (QED) is 0.393. The van der Waals surface area contributed by atoms with Crippen molar-refractivity contribution in [3.05, 3.63) is 63.7 Å². The van der Waals surface area contributed by atoms with E-state index in [2.05, 4.69) is 5.43 Å². The number of ketones is 1. The van der Waals surface area contributed by atoms with E-state index in [-0.39, 0.29) is 11.3 Å². The Hall–Kier alpha value is -2.66. The molecule has 2 aromatic carbocycles. The molecular formula is C18H20N2O3. The number of benzene rings is 2. The van der Waals surface area contributed by atoms with Crippen molar-refractivity contribution in [1.29, 1.82) is 0 Å². The lowest BCUT2D eigenvalue weighted by molar-refractivity contribution is 0.0941. The van der Waals surface area contributed by atoms with Crippen molar-refractivity contribution in [3.63, 3.8) is 0 Å². The van der Waals surface area contributed by atoms with Crippen LogP contribution in [0.4, 0.5) is 0 Å². The smallest absolute Gasteiger partial charge is 0.265 e. The van der Waals surface area contributed by atoms with Gasteiger partial charge in [0, 0.05) is 16.7 Å². The largest absolute Gasteiger partial charge is 0.496 e. The second-order valence-corrected chi connectivity index (χ2v) is 5.44. The minimum Gasteiger partial charge on any atom is -0.496 e. The number of amides is 1. The molecule has 0 aliphatic heterocycles. The van der Waals surface area contributed by atoms with Gasteiger partial charge in [0.2, 0.25) is 0 Å². The Bertz CT molecular complexity index is 782. The fraction of sp³-hybridized carbons (Fsp3) is 0.222. The number of nitrogen functional groups attached to an aromatic ring is 1. The van der Waals surface area contributed by atoms with E-state index in [0.29, 0.717) is 16.9 Å². The molecule has 0 heterocycles. The molecule has 0 radical (unpaired) electrons. The lowest BCUT2D eigenvalue weighted by atomic mass is 9.90. The van der Waals surface area contributed by atoms with E-state index in [4.69, 9.17) is 10.6 Å². The van der Waals surface area contributed by atoms with E-state index in [1.165, 1.54) is 0 Å². The second kappa shape index (κ2) is 6.62. The molecular weight excluding hydrogens is 292 g/mol. The highest BCUT2D eigenvalue weighted by Crippen LogP contribution is 2.26. The molecule has 0 spiro atoms. The highest BCUT2D eigenvalue weighted by atomic mass is 16.5. The van der Waals surface area contributed by atoms with Crippen LogP contribution in [0.25, 0.3) is 0 Å². The Morgan fingerprint density at radius 3 is 2.39 bits per heavy atom. The van der Waals surface area contributed by atoms with Crippen molar-refractivity contribution < 1.29 is 14.3 Å². The molecule has 3 N–H and O–H groups in total. The second-order valence-electron chi connectivity index (χ2n) is 5.44. The van der Waals surface area contributed by atoms with E-state index in [1.807, 2.05) is 26.8 Å². The molecule has 0 aliphatic carbocycles. The van der Waals surface area contributed by atoms with E-state index >= 15 is 0 Å². The van der Waals surface area contributed by atoms with Gasteiger partial charge in [-0.1, -0.05) is 23.8 Å². The molecule has 2 aromatic rings. The highest BCUT2D eigenvalue weighted by molar-refractivity contribution is 6.17. The van der Waals surface area contributed by atoms with E-state index < -0.39 is 5.91 Å². The number of hydrogen-bond acceptors (Lipinski definition) is 4. The van der Waals surface area contributed by atoms with Crippen molar-refractivity contribution in [3.8, 4) is 5.75 Å². The van der Waals surface area contributed by atoms with Crippen LogP contribution < -0.4 is 16.0 Å². The molecule has 5 nitrogen and oxygen atoms in total. The van der Waals surface area contributed by atoms with Crippen molar-refractivity contribution in [2.45, 2.75) is 20.8 Å². The van der Waals surface area contributed by atoms with Crippen LogP contribution in [0.2, 0.25) is 0 Å². The van der Waals surface area contributed by atoms with Gasteiger partial charge < -0.3 is 4.74 Å². The Morgan fingerprint density at radius 1 is 1.09 bits per heavy atom. The zero-order valence-corrected chi connectivity index (χ0v) is 13.7. The minimum absolute atomic E-state index is 0.225. The monoisotopic (exact) mass is 312 g/mol. The summed E-state index contributed by atoms with van der Waals surface area (Å²) in [6.07, 6.45) is 0. The van der Waals surface area contributed by atoms with Gasteiger partial charge in [-0.05, 0) is 38.5 Å². The third-order valence-corrected chi connectivity index (χ3v) is 3.83. The Labute approximate surface area is 135 Å².